The molecule has 1 saturated heterocycles. The lowest BCUT2D eigenvalue weighted by atomic mass is 10.0. The number of benzene rings is 2. The normalized spacial score (nSPS) is 19.6. The van der Waals surface area contributed by atoms with E-state index in [2.05, 4.69) is 10.6 Å². The highest BCUT2D eigenvalue weighted by atomic mass is 19.4. The van der Waals surface area contributed by atoms with Gasteiger partial charge in [-0.15, -0.1) is 0 Å². The van der Waals surface area contributed by atoms with Crippen LogP contribution in [0.1, 0.15) is 57.7 Å². The zero-order chi connectivity index (χ0) is 23.2. The first-order valence-corrected chi connectivity index (χ1v) is 9.86. The Morgan fingerprint density at radius 3 is 2.34 bits per heavy atom. The Morgan fingerprint density at radius 1 is 1.03 bits per heavy atom. The zero-order valence-electron chi connectivity index (χ0n) is 16.8. The van der Waals surface area contributed by atoms with Crippen molar-refractivity contribution in [3.63, 3.8) is 0 Å². The molecule has 1 fully saturated rings. The van der Waals surface area contributed by atoms with Crippen molar-refractivity contribution in [1.82, 2.24) is 10.2 Å². The number of imide groups is 2. The van der Waals surface area contributed by atoms with Crippen LogP contribution >= 0.6 is 0 Å². The van der Waals surface area contributed by atoms with Crippen LogP contribution in [0.15, 0.2) is 42.5 Å². The van der Waals surface area contributed by atoms with E-state index in [0.29, 0.717) is 11.3 Å². The molecule has 166 valence electrons. The molecule has 1 unspecified atom stereocenters. The molecule has 0 bridgehead atoms. The van der Waals surface area contributed by atoms with Crippen molar-refractivity contribution in [2.75, 3.05) is 5.32 Å². The molecule has 2 aromatic carbocycles. The standard InChI is InChI=1S/C22H18F3N3O4/c1-11(12-5-7-13(8-6-12)22(23,24)25)26-15-4-2-3-14-18(15)21(32)28(20(14)31)16-9-10-17(29)27-19(16)30/h2-8,11,16,26H,9-10H2,1H3,(H,27,29,30)/t11-,16?/m1/s1. The third-order valence-electron chi connectivity index (χ3n) is 5.58. The van der Waals surface area contributed by atoms with Gasteiger partial charge in [0.25, 0.3) is 11.8 Å². The number of anilines is 1. The predicted octanol–water partition coefficient (Wildman–Crippen LogP) is 3.28. The van der Waals surface area contributed by atoms with Crippen LogP contribution in [0.25, 0.3) is 0 Å². The summed E-state index contributed by atoms with van der Waals surface area (Å²) in [6, 6.07) is 7.69. The summed E-state index contributed by atoms with van der Waals surface area (Å²) in [5.74, 6) is -2.47. The van der Waals surface area contributed by atoms with Crippen LogP contribution in [0.2, 0.25) is 0 Å². The molecule has 32 heavy (non-hydrogen) atoms. The Labute approximate surface area is 180 Å². The summed E-state index contributed by atoms with van der Waals surface area (Å²) in [4.78, 5) is 50.5. The number of carbonyl (C=O) groups is 4. The van der Waals surface area contributed by atoms with E-state index in [1.165, 1.54) is 18.2 Å². The van der Waals surface area contributed by atoms with Crippen molar-refractivity contribution in [3.8, 4) is 0 Å². The van der Waals surface area contributed by atoms with E-state index in [-0.39, 0.29) is 24.0 Å². The largest absolute Gasteiger partial charge is 0.416 e. The Balaban J connectivity index is 1.59. The second-order valence-corrected chi connectivity index (χ2v) is 7.66. The molecule has 0 saturated carbocycles. The lowest BCUT2D eigenvalue weighted by Gasteiger charge is -2.28. The Hall–Kier alpha value is -3.69. The van der Waals surface area contributed by atoms with Crippen LogP contribution in [-0.2, 0) is 15.8 Å². The summed E-state index contributed by atoms with van der Waals surface area (Å²) in [6.07, 6.45) is -4.39. The molecule has 2 aromatic rings. The van der Waals surface area contributed by atoms with Gasteiger partial charge in [-0.2, -0.15) is 13.2 Å². The highest BCUT2D eigenvalue weighted by molar-refractivity contribution is 6.25. The third kappa shape index (κ3) is 3.72. The first-order valence-electron chi connectivity index (χ1n) is 9.86. The number of nitrogens with one attached hydrogen (secondary N) is 2. The minimum atomic E-state index is -4.44. The van der Waals surface area contributed by atoms with Gasteiger partial charge in [-0.05, 0) is 43.2 Å². The van der Waals surface area contributed by atoms with E-state index in [9.17, 15) is 32.3 Å². The number of amides is 4. The molecule has 4 amide bonds. The van der Waals surface area contributed by atoms with Gasteiger partial charge < -0.3 is 5.32 Å². The van der Waals surface area contributed by atoms with Crippen molar-refractivity contribution in [2.24, 2.45) is 0 Å². The number of halogens is 3. The molecule has 2 aliphatic heterocycles. The van der Waals surface area contributed by atoms with Gasteiger partial charge in [0.2, 0.25) is 11.8 Å². The molecule has 0 aliphatic carbocycles. The van der Waals surface area contributed by atoms with Gasteiger partial charge in [-0.3, -0.25) is 29.4 Å². The summed E-state index contributed by atoms with van der Waals surface area (Å²) in [5.41, 5.74) is 0.303. The maximum absolute atomic E-state index is 13.1. The van der Waals surface area contributed by atoms with E-state index in [4.69, 9.17) is 0 Å². The molecular formula is C22H18F3N3O4. The van der Waals surface area contributed by atoms with Gasteiger partial charge in [0.15, 0.2) is 0 Å². The Morgan fingerprint density at radius 2 is 1.72 bits per heavy atom. The van der Waals surface area contributed by atoms with Gasteiger partial charge in [-0.1, -0.05) is 18.2 Å². The van der Waals surface area contributed by atoms with Crippen LogP contribution in [0.4, 0.5) is 18.9 Å². The number of hydrogen-bond donors (Lipinski definition) is 2. The number of fused-ring (bicyclic) bond motifs is 1. The average Bonchev–Trinajstić information content (AvgIpc) is 2.99. The first kappa shape index (κ1) is 21.5. The fourth-order valence-corrected chi connectivity index (χ4v) is 3.91. The molecule has 4 rings (SSSR count). The summed E-state index contributed by atoms with van der Waals surface area (Å²) < 4.78 is 38.4. The quantitative estimate of drug-likeness (QED) is 0.705. The fourth-order valence-electron chi connectivity index (χ4n) is 3.91. The highest BCUT2D eigenvalue weighted by Gasteiger charge is 2.45. The van der Waals surface area contributed by atoms with Crippen molar-refractivity contribution >= 4 is 29.3 Å². The number of alkyl halides is 3. The molecule has 0 spiro atoms. The number of carbonyl (C=O) groups excluding carboxylic acids is 4. The van der Waals surface area contributed by atoms with E-state index >= 15 is 0 Å². The molecule has 2 atom stereocenters. The van der Waals surface area contributed by atoms with Crippen molar-refractivity contribution in [3.05, 3.63) is 64.7 Å². The first-order chi connectivity index (χ1) is 15.1. The molecule has 2 aliphatic rings. The Bertz CT molecular complexity index is 1130. The van der Waals surface area contributed by atoms with Gasteiger partial charge in [0, 0.05) is 18.2 Å². The summed E-state index contributed by atoms with van der Waals surface area (Å²) in [6.45, 7) is 1.71. The van der Waals surface area contributed by atoms with Crippen molar-refractivity contribution in [2.45, 2.75) is 38.0 Å². The van der Waals surface area contributed by atoms with Crippen molar-refractivity contribution < 1.29 is 32.3 Å². The molecule has 0 radical (unpaired) electrons. The monoisotopic (exact) mass is 445 g/mol. The van der Waals surface area contributed by atoms with Gasteiger partial charge in [0.1, 0.15) is 6.04 Å². The van der Waals surface area contributed by atoms with E-state index < -0.39 is 47.5 Å². The lowest BCUT2D eigenvalue weighted by Crippen LogP contribution is -2.54. The molecule has 10 heteroatoms. The number of piperidine rings is 1. The summed E-state index contributed by atoms with van der Waals surface area (Å²) in [7, 11) is 0. The van der Waals surface area contributed by atoms with E-state index in [0.717, 1.165) is 17.0 Å². The maximum Gasteiger partial charge on any atom is 0.416 e. The van der Waals surface area contributed by atoms with Crippen LogP contribution in [-0.4, -0.2) is 34.6 Å². The van der Waals surface area contributed by atoms with Gasteiger partial charge >= 0.3 is 6.18 Å². The van der Waals surface area contributed by atoms with Crippen molar-refractivity contribution in [1.29, 1.82) is 0 Å². The molecule has 2 N–H and O–H groups in total. The topological polar surface area (TPSA) is 95.6 Å². The average molecular weight is 445 g/mol. The SMILES string of the molecule is C[C@@H](Nc1cccc2c1C(=O)N(C1CCC(=O)NC1=O)C2=O)c1ccc(C(F)(F)F)cc1. The molecular weight excluding hydrogens is 427 g/mol. The van der Waals surface area contributed by atoms with E-state index in [1.807, 2.05) is 0 Å². The molecule has 0 aromatic heterocycles. The second kappa shape index (κ2) is 7.77. The smallest absolute Gasteiger partial charge is 0.378 e. The maximum atomic E-state index is 13.1. The number of nitrogens with zero attached hydrogens (tertiary/aromatic N) is 1. The second-order valence-electron chi connectivity index (χ2n) is 7.66. The lowest BCUT2D eigenvalue weighted by molar-refractivity contribution is -0.138. The van der Waals surface area contributed by atoms with Gasteiger partial charge in [0.05, 0.1) is 16.7 Å². The minimum Gasteiger partial charge on any atom is -0.378 e. The van der Waals surface area contributed by atoms with E-state index in [1.54, 1.807) is 19.1 Å². The van der Waals surface area contributed by atoms with Crippen LogP contribution < -0.4 is 10.6 Å². The molecule has 2 heterocycles. The fraction of sp³-hybridized carbons (Fsp3) is 0.273. The highest BCUT2D eigenvalue weighted by Crippen LogP contribution is 2.35. The minimum absolute atomic E-state index is 0.0138. The summed E-state index contributed by atoms with van der Waals surface area (Å²) >= 11 is 0. The number of hydrogen-bond acceptors (Lipinski definition) is 5. The predicted molar refractivity (Wildman–Crippen MR) is 107 cm³/mol. The van der Waals surface area contributed by atoms with Crippen LogP contribution in [0.5, 0.6) is 0 Å². The number of rotatable bonds is 4. The van der Waals surface area contributed by atoms with Gasteiger partial charge in [-0.25, -0.2) is 0 Å². The Kier molecular flexibility index (Phi) is 5.23. The van der Waals surface area contributed by atoms with Crippen LogP contribution in [0, 0.1) is 0 Å². The van der Waals surface area contributed by atoms with Crippen LogP contribution in [0.3, 0.4) is 0 Å². The zero-order valence-corrected chi connectivity index (χ0v) is 16.8. The molecule has 7 nitrogen and oxygen atoms in total. The summed E-state index contributed by atoms with van der Waals surface area (Å²) in [5, 5.41) is 5.21. The third-order valence-corrected chi connectivity index (χ3v) is 5.58.